The van der Waals surface area contributed by atoms with Gasteiger partial charge in [0.2, 0.25) is 0 Å². The molecule has 6 nitrogen and oxygen atoms in total. The summed E-state index contributed by atoms with van der Waals surface area (Å²) in [7, 11) is 0. The Morgan fingerprint density at radius 2 is 2.18 bits per heavy atom. The van der Waals surface area contributed by atoms with Crippen molar-refractivity contribution in [3.05, 3.63) is 51.9 Å². The van der Waals surface area contributed by atoms with E-state index in [0.29, 0.717) is 25.6 Å². The Hall–Kier alpha value is -2.63. The second kappa shape index (κ2) is 4.98. The van der Waals surface area contributed by atoms with Crippen molar-refractivity contribution >= 4 is 5.78 Å². The summed E-state index contributed by atoms with van der Waals surface area (Å²) in [5, 5.41) is 0. The Morgan fingerprint density at radius 1 is 1.27 bits per heavy atom. The van der Waals surface area contributed by atoms with Crippen molar-refractivity contribution < 1.29 is 14.3 Å². The van der Waals surface area contributed by atoms with E-state index in [0.717, 1.165) is 23.3 Å². The highest BCUT2D eigenvalue weighted by Gasteiger charge is 2.24. The average Bonchev–Trinajstić information content (AvgIpc) is 3.08. The van der Waals surface area contributed by atoms with Crippen molar-refractivity contribution in [3.8, 4) is 11.8 Å². The minimum absolute atomic E-state index is 0.177. The number of nitrogens with zero attached hydrogens (tertiary/aromatic N) is 2. The number of ether oxygens (including phenoxy) is 2. The molecule has 1 aliphatic carbocycles. The summed E-state index contributed by atoms with van der Waals surface area (Å²) in [6.45, 7) is 0.969. The molecule has 0 N–H and O–H groups in total. The largest absolute Gasteiger partial charge is 0.490 e. The fourth-order valence-electron chi connectivity index (χ4n) is 2.85. The van der Waals surface area contributed by atoms with Gasteiger partial charge in [-0.25, -0.2) is 0 Å². The average molecular weight is 298 g/mol. The Labute approximate surface area is 126 Å². The molecule has 2 aromatic rings. The van der Waals surface area contributed by atoms with Crippen LogP contribution in [0.1, 0.15) is 22.3 Å². The molecule has 1 atom stereocenters. The first kappa shape index (κ1) is 13.1. The monoisotopic (exact) mass is 298 g/mol. The molecule has 112 valence electrons. The van der Waals surface area contributed by atoms with Gasteiger partial charge in [-0.05, 0) is 30.2 Å². The quantitative estimate of drug-likeness (QED) is 0.852. The molecule has 1 aliphatic heterocycles. The second-order valence-electron chi connectivity index (χ2n) is 5.49. The van der Waals surface area contributed by atoms with E-state index in [1.165, 1.54) is 6.07 Å². The van der Waals surface area contributed by atoms with Gasteiger partial charge in [0.05, 0.1) is 6.54 Å². The van der Waals surface area contributed by atoms with Gasteiger partial charge >= 0.3 is 0 Å². The van der Waals surface area contributed by atoms with Gasteiger partial charge in [-0.15, -0.1) is 0 Å². The molecule has 1 aromatic heterocycles. The van der Waals surface area contributed by atoms with E-state index in [2.05, 4.69) is 4.98 Å². The third kappa shape index (κ3) is 2.26. The first-order valence-electron chi connectivity index (χ1n) is 7.22. The zero-order valence-electron chi connectivity index (χ0n) is 11.8. The molecule has 1 aromatic carbocycles. The summed E-state index contributed by atoms with van der Waals surface area (Å²) in [4.78, 5) is 26.6. The number of rotatable bonds is 3. The van der Waals surface area contributed by atoms with Crippen LogP contribution < -0.4 is 15.0 Å². The number of ketones is 1. The Bertz CT molecular complexity index is 812. The summed E-state index contributed by atoms with van der Waals surface area (Å²) in [6.07, 6.45) is 2.86. The van der Waals surface area contributed by atoms with Gasteiger partial charge in [-0.3, -0.25) is 14.2 Å². The fourth-order valence-corrected chi connectivity index (χ4v) is 2.85. The first-order chi connectivity index (χ1) is 10.7. The lowest BCUT2D eigenvalue weighted by Crippen LogP contribution is -2.23. The number of fused-ring (bicyclic) bond motifs is 2. The number of hydrogen-bond donors (Lipinski definition) is 0. The number of hydrogen-bond acceptors (Lipinski definition) is 5. The maximum absolute atomic E-state index is 11.6. The molecule has 0 amide bonds. The van der Waals surface area contributed by atoms with Crippen LogP contribution in [-0.4, -0.2) is 28.0 Å². The molecule has 2 aliphatic rings. The van der Waals surface area contributed by atoms with E-state index in [1.807, 2.05) is 18.2 Å². The lowest BCUT2D eigenvalue weighted by Gasteiger charge is -2.11. The van der Waals surface area contributed by atoms with Crippen LogP contribution in [0.5, 0.6) is 11.8 Å². The molecule has 2 heterocycles. The molecule has 0 radical (unpaired) electrons. The molecular weight excluding hydrogens is 284 g/mol. The van der Waals surface area contributed by atoms with Crippen LogP contribution in [-0.2, 0) is 13.0 Å². The smallest absolute Gasteiger partial charge is 0.300 e. The lowest BCUT2D eigenvalue weighted by molar-refractivity contribution is 0.0994. The van der Waals surface area contributed by atoms with Crippen molar-refractivity contribution in [2.24, 2.45) is 0 Å². The summed E-state index contributed by atoms with van der Waals surface area (Å²) in [5.41, 5.74) is 1.54. The van der Waals surface area contributed by atoms with Crippen LogP contribution in [0.15, 0.2) is 35.3 Å². The van der Waals surface area contributed by atoms with Crippen LogP contribution in [0.3, 0.4) is 0 Å². The van der Waals surface area contributed by atoms with Gasteiger partial charge < -0.3 is 9.47 Å². The van der Waals surface area contributed by atoms with Gasteiger partial charge in [0.25, 0.3) is 11.6 Å². The molecule has 6 heteroatoms. The number of Topliss-reactive ketones (excluding diaryl/α,β-unsaturated/α-hetero) is 1. The molecule has 0 spiro atoms. The molecule has 0 fully saturated rings. The molecule has 22 heavy (non-hydrogen) atoms. The highest BCUT2D eigenvalue weighted by molar-refractivity contribution is 6.00. The van der Waals surface area contributed by atoms with Gasteiger partial charge in [0.1, 0.15) is 12.4 Å². The predicted molar refractivity (Wildman–Crippen MR) is 77.5 cm³/mol. The molecule has 4 rings (SSSR count). The topological polar surface area (TPSA) is 70.4 Å². The van der Waals surface area contributed by atoms with Crippen molar-refractivity contribution in [3.63, 3.8) is 0 Å². The summed E-state index contributed by atoms with van der Waals surface area (Å²) in [6, 6.07) is 7.30. The van der Waals surface area contributed by atoms with Crippen LogP contribution in [0.4, 0.5) is 0 Å². The van der Waals surface area contributed by atoms with E-state index >= 15 is 0 Å². The SMILES string of the molecule is O=C1CCc2cc(OCC3Cn4ccc(=O)nc4O3)ccc21. The highest BCUT2D eigenvalue weighted by atomic mass is 16.6. The number of aromatic nitrogens is 2. The first-order valence-corrected chi connectivity index (χ1v) is 7.22. The van der Waals surface area contributed by atoms with E-state index < -0.39 is 0 Å². The number of carbonyl (C=O) groups is 1. The maximum Gasteiger partial charge on any atom is 0.300 e. The number of carbonyl (C=O) groups excluding carboxylic acids is 1. The summed E-state index contributed by atoms with van der Waals surface area (Å²) in [5.74, 6) is 0.933. The summed E-state index contributed by atoms with van der Waals surface area (Å²) >= 11 is 0. The standard InChI is InChI=1S/C16H14N2O4/c19-14-4-1-10-7-11(2-3-13(10)14)21-9-12-8-18-6-5-15(20)17-16(18)22-12/h2-3,5-7,12H,1,4,8-9H2. The van der Waals surface area contributed by atoms with Crippen molar-refractivity contribution in [1.29, 1.82) is 0 Å². The van der Waals surface area contributed by atoms with Gasteiger partial charge in [-0.2, -0.15) is 4.98 Å². The summed E-state index contributed by atoms with van der Waals surface area (Å²) < 4.78 is 13.1. The van der Waals surface area contributed by atoms with Gasteiger partial charge in [0.15, 0.2) is 11.9 Å². The van der Waals surface area contributed by atoms with Crippen molar-refractivity contribution in [2.45, 2.75) is 25.5 Å². The third-order valence-electron chi connectivity index (χ3n) is 3.96. The van der Waals surface area contributed by atoms with Crippen LogP contribution in [0, 0.1) is 0 Å². The molecule has 0 saturated heterocycles. The van der Waals surface area contributed by atoms with E-state index in [1.54, 1.807) is 10.8 Å². The minimum atomic E-state index is -0.309. The zero-order valence-corrected chi connectivity index (χ0v) is 11.8. The van der Waals surface area contributed by atoms with Gasteiger partial charge in [-0.1, -0.05) is 0 Å². The van der Waals surface area contributed by atoms with Crippen molar-refractivity contribution in [1.82, 2.24) is 9.55 Å². The van der Waals surface area contributed by atoms with Crippen LogP contribution >= 0.6 is 0 Å². The third-order valence-corrected chi connectivity index (χ3v) is 3.96. The highest BCUT2D eigenvalue weighted by Crippen LogP contribution is 2.26. The molecular formula is C16H14N2O4. The van der Waals surface area contributed by atoms with Crippen molar-refractivity contribution in [2.75, 3.05) is 6.61 Å². The van der Waals surface area contributed by atoms with E-state index in [-0.39, 0.29) is 17.4 Å². The predicted octanol–water partition coefficient (Wildman–Crippen LogP) is 1.21. The molecule has 1 unspecified atom stereocenters. The lowest BCUT2D eigenvalue weighted by atomic mass is 10.1. The Morgan fingerprint density at radius 3 is 3.09 bits per heavy atom. The molecule has 0 saturated carbocycles. The van der Waals surface area contributed by atoms with Crippen LogP contribution in [0.2, 0.25) is 0 Å². The number of aryl methyl sites for hydroxylation is 1. The number of benzene rings is 1. The van der Waals surface area contributed by atoms with Gasteiger partial charge in [0, 0.05) is 24.2 Å². The Kier molecular flexibility index (Phi) is 2.96. The minimum Gasteiger partial charge on any atom is -0.490 e. The normalized spacial score (nSPS) is 18.7. The van der Waals surface area contributed by atoms with E-state index in [9.17, 15) is 9.59 Å². The zero-order chi connectivity index (χ0) is 15.1. The van der Waals surface area contributed by atoms with E-state index in [4.69, 9.17) is 9.47 Å². The second-order valence-corrected chi connectivity index (χ2v) is 5.49. The fraction of sp³-hybridized carbons (Fsp3) is 0.312. The Balaban J connectivity index is 1.42. The maximum atomic E-state index is 11.6. The van der Waals surface area contributed by atoms with Crippen LogP contribution in [0.25, 0.3) is 0 Å². The molecule has 0 bridgehead atoms.